The van der Waals surface area contributed by atoms with Crippen LogP contribution in [-0.4, -0.2) is 18.1 Å². The minimum Gasteiger partial charge on any atom is -0.356 e. The van der Waals surface area contributed by atoms with Crippen molar-refractivity contribution in [3.05, 3.63) is 35.9 Å². The number of benzene rings is 1. The highest BCUT2D eigenvalue weighted by Crippen LogP contribution is 2.26. The summed E-state index contributed by atoms with van der Waals surface area (Å²) >= 11 is 0. The Morgan fingerprint density at radius 3 is 2.67 bits per heavy atom. The summed E-state index contributed by atoms with van der Waals surface area (Å²) in [5.74, 6) is 2.04. The van der Waals surface area contributed by atoms with E-state index in [-0.39, 0.29) is 0 Å². The van der Waals surface area contributed by atoms with Crippen LogP contribution < -0.4 is 4.90 Å². The highest BCUT2D eigenvalue weighted by atomic mass is 15.2. The Morgan fingerprint density at radius 1 is 1.17 bits per heavy atom. The summed E-state index contributed by atoms with van der Waals surface area (Å²) in [6, 6.07) is 10.6. The Kier molecular flexibility index (Phi) is 2.94. The van der Waals surface area contributed by atoms with E-state index in [0.717, 1.165) is 24.5 Å². The van der Waals surface area contributed by atoms with Crippen LogP contribution in [0.4, 0.5) is 5.82 Å². The van der Waals surface area contributed by atoms with E-state index < -0.39 is 0 Å². The van der Waals surface area contributed by atoms with Crippen molar-refractivity contribution in [1.82, 2.24) is 4.98 Å². The van der Waals surface area contributed by atoms with E-state index in [1.165, 1.54) is 29.6 Å². The molecular formula is C16H20N2. The molecule has 0 atom stereocenters. The summed E-state index contributed by atoms with van der Waals surface area (Å²) in [5.41, 5.74) is 2.40. The van der Waals surface area contributed by atoms with Gasteiger partial charge in [0.15, 0.2) is 0 Å². The third kappa shape index (κ3) is 2.07. The number of aromatic nitrogens is 1. The minimum absolute atomic E-state index is 0.863. The minimum atomic E-state index is 0.863. The van der Waals surface area contributed by atoms with E-state index in [4.69, 9.17) is 4.98 Å². The van der Waals surface area contributed by atoms with Gasteiger partial charge < -0.3 is 4.90 Å². The Balaban J connectivity index is 1.98. The fourth-order valence-corrected chi connectivity index (χ4v) is 2.75. The van der Waals surface area contributed by atoms with E-state index >= 15 is 0 Å². The number of hydrogen-bond acceptors (Lipinski definition) is 2. The lowest BCUT2D eigenvalue weighted by molar-refractivity contribution is 0.436. The van der Waals surface area contributed by atoms with Crippen LogP contribution in [0.5, 0.6) is 0 Å². The molecule has 1 saturated heterocycles. The summed E-state index contributed by atoms with van der Waals surface area (Å²) < 4.78 is 0. The molecule has 1 aromatic heterocycles. The monoisotopic (exact) mass is 240 g/mol. The number of piperidine rings is 1. The van der Waals surface area contributed by atoms with Crippen LogP contribution in [0, 0.1) is 12.8 Å². The second-order valence-corrected chi connectivity index (χ2v) is 5.49. The van der Waals surface area contributed by atoms with Crippen LogP contribution in [0.2, 0.25) is 0 Å². The summed E-state index contributed by atoms with van der Waals surface area (Å²) in [7, 11) is 0. The summed E-state index contributed by atoms with van der Waals surface area (Å²) in [4.78, 5) is 7.30. The van der Waals surface area contributed by atoms with Crippen LogP contribution in [0.3, 0.4) is 0 Å². The predicted molar refractivity (Wildman–Crippen MR) is 77.1 cm³/mol. The average molecular weight is 240 g/mol. The molecule has 3 rings (SSSR count). The van der Waals surface area contributed by atoms with Gasteiger partial charge in [0.25, 0.3) is 0 Å². The van der Waals surface area contributed by atoms with E-state index in [1.807, 2.05) is 0 Å². The summed E-state index contributed by atoms with van der Waals surface area (Å²) in [5, 5.41) is 1.24. The van der Waals surface area contributed by atoms with Gasteiger partial charge in [0.05, 0.1) is 5.52 Å². The first-order valence-corrected chi connectivity index (χ1v) is 6.85. The van der Waals surface area contributed by atoms with Gasteiger partial charge in [-0.15, -0.1) is 0 Å². The lowest BCUT2D eigenvalue weighted by Gasteiger charge is -2.32. The van der Waals surface area contributed by atoms with Crippen molar-refractivity contribution in [1.29, 1.82) is 0 Å². The van der Waals surface area contributed by atoms with Crippen LogP contribution in [-0.2, 0) is 0 Å². The molecule has 0 unspecified atom stereocenters. The first kappa shape index (κ1) is 11.5. The molecule has 0 aliphatic carbocycles. The van der Waals surface area contributed by atoms with Crippen molar-refractivity contribution in [3.8, 4) is 0 Å². The summed E-state index contributed by atoms with van der Waals surface area (Å²) in [6.45, 7) is 6.81. The maximum Gasteiger partial charge on any atom is 0.132 e. The number of pyridine rings is 1. The maximum absolute atomic E-state index is 4.85. The largest absolute Gasteiger partial charge is 0.356 e. The topological polar surface area (TPSA) is 16.1 Å². The number of para-hydroxylation sites is 1. The zero-order valence-corrected chi connectivity index (χ0v) is 11.2. The molecule has 1 aliphatic rings. The molecule has 1 aliphatic heterocycles. The third-order valence-electron chi connectivity index (χ3n) is 3.97. The van der Waals surface area contributed by atoms with Crippen LogP contribution >= 0.6 is 0 Å². The number of rotatable bonds is 1. The molecule has 18 heavy (non-hydrogen) atoms. The SMILES string of the molecule is Cc1cc2ccccc2nc1N1CCC(C)CC1. The molecule has 2 aromatic rings. The first-order valence-electron chi connectivity index (χ1n) is 6.85. The normalized spacial score (nSPS) is 17.3. The van der Waals surface area contributed by atoms with E-state index in [0.29, 0.717) is 0 Å². The molecule has 2 heteroatoms. The number of nitrogens with zero attached hydrogens (tertiary/aromatic N) is 2. The third-order valence-corrected chi connectivity index (χ3v) is 3.97. The highest BCUT2D eigenvalue weighted by molar-refractivity contribution is 5.81. The Hall–Kier alpha value is -1.57. The highest BCUT2D eigenvalue weighted by Gasteiger charge is 2.18. The maximum atomic E-state index is 4.85. The van der Waals surface area contributed by atoms with Crippen molar-refractivity contribution in [2.75, 3.05) is 18.0 Å². The van der Waals surface area contributed by atoms with Gasteiger partial charge in [0, 0.05) is 18.5 Å². The lowest BCUT2D eigenvalue weighted by Crippen LogP contribution is -2.33. The van der Waals surface area contributed by atoms with Gasteiger partial charge in [0.2, 0.25) is 0 Å². The molecule has 0 amide bonds. The van der Waals surface area contributed by atoms with Crippen molar-refractivity contribution in [2.24, 2.45) is 5.92 Å². The Morgan fingerprint density at radius 2 is 1.89 bits per heavy atom. The van der Waals surface area contributed by atoms with Crippen molar-refractivity contribution < 1.29 is 0 Å². The predicted octanol–water partition coefficient (Wildman–Crippen LogP) is 3.78. The number of aryl methyl sites for hydroxylation is 1. The smallest absolute Gasteiger partial charge is 0.132 e. The van der Waals surface area contributed by atoms with Crippen molar-refractivity contribution in [3.63, 3.8) is 0 Å². The van der Waals surface area contributed by atoms with Crippen LogP contribution in [0.1, 0.15) is 25.3 Å². The molecule has 2 heterocycles. The average Bonchev–Trinajstić information content (AvgIpc) is 2.39. The second-order valence-electron chi connectivity index (χ2n) is 5.49. The van der Waals surface area contributed by atoms with E-state index in [1.54, 1.807) is 0 Å². The number of anilines is 1. The molecule has 0 N–H and O–H groups in total. The fraction of sp³-hybridized carbons (Fsp3) is 0.438. The van der Waals surface area contributed by atoms with E-state index in [9.17, 15) is 0 Å². The molecule has 0 saturated carbocycles. The second kappa shape index (κ2) is 4.60. The molecule has 1 fully saturated rings. The quantitative estimate of drug-likeness (QED) is 0.754. The lowest BCUT2D eigenvalue weighted by atomic mass is 9.99. The standard InChI is InChI=1S/C16H20N2/c1-12-7-9-18(10-8-12)16-13(2)11-14-5-3-4-6-15(14)17-16/h3-6,11-12H,7-10H2,1-2H3. The zero-order valence-electron chi connectivity index (χ0n) is 11.2. The molecule has 1 aromatic carbocycles. The molecular weight excluding hydrogens is 220 g/mol. The molecule has 2 nitrogen and oxygen atoms in total. The molecule has 0 radical (unpaired) electrons. The van der Waals surface area contributed by atoms with Crippen LogP contribution in [0.15, 0.2) is 30.3 Å². The first-order chi connectivity index (χ1) is 8.74. The van der Waals surface area contributed by atoms with Gasteiger partial charge >= 0.3 is 0 Å². The van der Waals surface area contributed by atoms with Gasteiger partial charge in [-0.25, -0.2) is 4.98 Å². The molecule has 94 valence electrons. The Labute approximate surface area is 109 Å². The van der Waals surface area contributed by atoms with Gasteiger partial charge in [-0.1, -0.05) is 25.1 Å². The summed E-state index contributed by atoms with van der Waals surface area (Å²) in [6.07, 6.45) is 2.57. The van der Waals surface area contributed by atoms with Gasteiger partial charge in [0.1, 0.15) is 5.82 Å². The zero-order chi connectivity index (χ0) is 12.5. The number of fused-ring (bicyclic) bond motifs is 1. The Bertz CT molecular complexity index is 554. The van der Waals surface area contributed by atoms with Crippen molar-refractivity contribution >= 4 is 16.7 Å². The molecule has 0 spiro atoms. The van der Waals surface area contributed by atoms with Gasteiger partial charge in [-0.2, -0.15) is 0 Å². The van der Waals surface area contributed by atoms with Crippen LogP contribution in [0.25, 0.3) is 10.9 Å². The molecule has 0 bridgehead atoms. The number of hydrogen-bond donors (Lipinski definition) is 0. The van der Waals surface area contributed by atoms with E-state index in [2.05, 4.69) is 49.1 Å². The van der Waals surface area contributed by atoms with Crippen molar-refractivity contribution in [2.45, 2.75) is 26.7 Å². The van der Waals surface area contributed by atoms with Gasteiger partial charge in [-0.3, -0.25) is 0 Å². The van der Waals surface area contributed by atoms with Gasteiger partial charge in [-0.05, 0) is 43.4 Å². The fourth-order valence-electron chi connectivity index (χ4n) is 2.75.